The van der Waals surface area contributed by atoms with Crippen LogP contribution in [0.1, 0.15) is 23.0 Å². The molecule has 0 radical (unpaired) electrons. The normalized spacial score (nSPS) is 18.6. The van der Waals surface area contributed by atoms with Crippen molar-refractivity contribution in [3.63, 3.8) is 0 Å². The molecule has 0 bridgehead atoms. The zero-order valence-corrected chi connectivity index (χ0v) is 11.2. The fourth-order valence-corrected chi connectivity index (χ4v) is 3.36. The Hall–Kier alpha value is -1.33. The minimum Gasteiger partial charge on any atom is -0.302 e. The van der Waals surface area contributed by atoms with Crippen LogP contribution >= 0.6 is 11.8 Å². The van der Waals surface area contributed by atoms with Gasteiger partial charge in [0.05, 0.1) is 6.54 Å². The maximum absolute atomic E-state index is 4.29. The largest absolute Gasteiger partial charge is 0.302 e. The molecule has 5 heteroatoms. The van der Waals surface area contributed by atoms with E-state index in [4.69, 9.17) is 0 Å². The number of benzene rings is 1. The van der Waals surface area contributed by atoms with Gasteiger partial charge < -0.3 is 5.32 Å². The lowest BCUT2D eigenvalue weighted by atomic mass is 10.0. The highest BCUT2D eigenvalue weighted by Crippen LogP contribution is 2.31. The van der Waals surface area contributed by atoms with Crippen LogP contribution in [0.5, 0.6) is 0 Å². The lowest BCUT2D eigenvalue weighted by Crippen LogP contribution is -2.26. The Morgan fingerprint density at radius 3 is 3.17 bits per heavy atom. The molecule has 18 heavy (non-hydrogen) atoms. The van der Waals surface area contributed by atoms with Crippen molar-refractivity contribution in [3.05, 3.63) is 47.5 Å². The van der Waals surface area contributed by atoms with E-state index < -0.39 is 0 Å². The molecule has 0 saturated carbocycles. The molecule has 0 spiro atoms. The van der Waals surface area contributed by atoms with E-state index in [9.17, 15) is 0 Å². The highest BCUT2D eigenvalue weighted by molar-refractivity contribution is 7.98. The lowest BCUT2D eigenvalue weighted by Gasteiger charge is -2.25. The van der Waals surface area contributed by atoms with Gasteiger partial charge in [0.1, 0.15) is 6.33 Å². The summed E-state index contributed by atoms with van der Waals surface area (Å²) in [6.07, 6.45) is 1.74. The zero-order chi connectivity index (χ0) is 12.4. The predicted molar refractivity (Wildman–Crippen MR) is 73.2 cm³/mol. The van der Waals surface area contributed by atoms with Gasteiger partial charge in [-0.3, -0.25) is 4.68 Å². The number of nitrogens with zero attached hydrogens (tertiary/aromatic N) is 3. The molecule has 2 heterocycles. The van der Waals surface area contributed by atoms with E-state index in [1.807, 2.05) is 18.8 Å². The topological polar surface area (TPSA) is 42.7 Å². The molecule has 1 aliphatic rings. The van der Waals surface area contributed by atoms with Gasteiger partial charge in [-0.2, -0.15) is 16.9 Å². The van der Waals surface area contributed by atoms with Crippen molar-refractivity contribution < 1.29 is 0 Å². The first-order chi connectivity index (χ1) is 8.83. The Balaban J connectivity index is 1.71. The number of fused-ring (bicyclic) bond motifs is 1. The van der Waals surface area contributed by atoms with Crippen LogP contribution in [0.3, 0.4) is 0 Å². The number of aryl methyl sites for hydroxylation is 1. The van der Waals surface area contributed by atoms with Crippen LogP contribution in [0.2, 0.25) is 0 Å². The van der Waals surface area contributed by atoms with Crippen LogP contribution < -0.4 is 5.32 Å². The SMILES string of the molecule is Cn1cnc(CNC2CSCc3ccccc32)n1. The predicted octanol–water partition coefficient (Wildman–Crippen LogP) is 1.89. The van der Waals surface area contributed by atoms with Gasteiger partial charge in [-0.15, -0.1) is 0 Å². The van der Waals surface area contributed by atoms with Crippen LogP contribution in [0, 0.1) is 0 Å². The molecular weight excluding hydrogens is 244 g/mol. The molecule has 1 aromatic heterocycles. The monoisotopic (exact) mass is 260 g/mol. The van der Waals surface area contributed by atoms with Crippen molar-refractivity contribution in [2.75, 3.05) is 5.75 Å². The number of rotatable bonds is 3. The number of aromatic nitrogens is 3. The fraction of sp³-hybridized carbons (Fsp3) is 0.385. The summed E-state index contributed by atoms with van der Waals surface area (Å²) >= 11 is 1.98. The molecule has 2 aromatic rings. The van der Waals surface area contributed by atoms with Gasteiger partial charge in [0.15, 0.2) is 5.82 Å². The van der Waals surface area contributed by atoms with Crippen LogP contribution in [0.15, 0.2) is 30.6 Å². The van der Waals surface area contributed by atoms with Crippen molar-refractivity contribution >= 4 is 11.8 Å². The lowest BCUT2D eigenvalue weighted by molar-refractivity contribution is 0.557. The second-order valence-corrected chi connectivity index (χ2v) is 5.51. The molecule has 4 nitrogen and oxygen atoms in total. The maximum Gasteiger partial charge on any atom is 0.164 e. The van der Waals surface area contributed by atoms with Crippen molar-refractivity contribution in [1.82, 2.24) is 20.1 Å². The van der Waals surface area contributed by atoms with Crippen LogP contribution in [0.25, 0.3) is 0 Å². The molecule has 1 N–H and O–H groups in total. The summed E-state index contributed by atoms with van der Waals surface area (Å²) in [5, 5.41) is 7.84. The Morgan fingerprint density at radius 1 is 1.44 bits per heavy atom. The van der Waals surface area contributed by atoms with E-state index in [1.165, 1.54) is 11.1 Å². The summed E-state index contributed by atoms with van der Waals surface area (Å²) in [5.41, 5.74) is 2.87. The first-order valence-electron chi connectivity index (χ1n) is 6.06. The number of thioether (sulfide) groups is 1. The summed E-state index contributed by atoms with van der Waals surface area (Å²) in [5.74, 6) is 3.09. The van der Waals surface area contributed by atoms with Crippen molar-refractivity contribution in [1.29, 1.82) is 0 Å². The molecule has 0 amide bonds. The average Bonchev–Trinajstić information content (AvgIpc) is 2.82. The Labute approximate surface area is 111 Å². The third-order valence-corrected chi connectivity index (χ3v) is 4.21. The molecule has 1 aromatic carbocycles. The number of hydrogen-bond donors (Lipinski definition) is 1. The second kappa shape index (κ2) is 5.12. The summed E-state index contributed by atoms with van der Waals surface area (Å²) in [7, 11) is 1.89. The van der Waals surface area contributed by atoms with Crippen molar-refractivity contribution in [3.8, 4) is 0 Å². The molecule has 0 fully saturated rings. The zero-order valence-electron chi connectivity index (χ0n) is 10.3. The Morgan fingerprint density at radius 2 is 2.33 bits per heavy atom. The van der Waals surface area contributed by atoms with Crippen molar-refractivity contribution in [2.24, 2.45) is 7.05 Å². The van der Waals surface area contributed by atoms with Gasteiger partial charge in [-0.1, -0.05) is 24.3 Å². The minimum absolute atomic E-state index is 0.406. The third kappa shape index (κ3) is 2.42. The molecule has 94 valence electrons. The molecule has 3 rings (SSSR count). The van der Waals surface area contributed by atoms with E-state index in [1.54, 1.807) is 11.0 Å². The highest BCUT2D eigenvalue weighted by Gasteiger charge is 2.19. The van der Waals surface area contributed by atoms with Gasteiger partial charge in [-0.25, -0.2) is 4.98 Å². The van der Waals surface area contributed by atoms with E-state index in [-0.39, 0.29) is 0 Å². The smallest absolute Gasteiger partial charge is 0.164 e. The third-order valence-electron chi connectivity index (χ3n) is 3.13. The van der Waals surface area contributed by atoms with Gasteiger partial charge >= 0.3 is 0 Å². The summed E-state index contributed by atoms with van der Waals surface area (Å²) in [6.45, 7) is 0.723. The highest BCUT2D eigenvalue weighted by atomic mass is 32.2. The first kappa shape index (κ1) is 11.7. The minimum atomic E-state index is 0.406. The average molecular weight is 260 g/mol. The summed E-state index contributed by atoms with van der Waals surface area (Å²) < 4.78 is 1.74. The van der Waals surface area contributed by atoms with Crippen LogP contribution in [-0.4, -0.2) is 20.5 Å². The second-order valence-electron chi connectivity index (χ2n) is 4.48. The molecule has 0 saturated heterocycles. The van der Waals surface area contributed by atoms with E-state index >= 15 is 0 Å². The van der Waals surface area contributed by atoms with E-state index in [0.717, 1.165) is 23.9 Å². The quantitative estimate of drug-likeness (QED) is 0.915. The molecule has 1 unspecified atom stereocenters. The van der Waals surface area contributed by atoms with E-state index in [0.29, 0.717) is 6.04 Å². The van der Waals surface area contributed by atoms with Crippen LogP contribution in [-0.2, 0) is 19.3 Å². The first-order valence-corrected chi connectivity index (χ1v) is 7.22. The van der Waals surface area contributed by atoms with Gasteiger partial charge in [0.2, 0.25) is 0 Å². The summed E-state index contributed by atoms with van der Waals surface area (Å²) in [6, 6.07) is 9.07. The van der Waals surface area contributed by atoms with E-state index in [2.05, 4.69) is 39.7 Å². The number of hydrogen-bond acceptors (Lipinski definition) is 4. The molecule has 0 aliphatic carbocycles. The van der Waals surface area contributed by atoms with Gasteiger partial charge in [0, 0.05) is 24.6 Å². The molecular formula is C13H16N4S. The molecule has 1 atom stereocenters. The standard InChI is InChI=1S/C13H16N4S/c1-17-9-15-13(16-17)6-14-12-8-18-7-10-4-2-3-5-11(10)12/h2-5,9,12,14H,6-8H2,1H3. The van der Waals surface area contributed by atoms with Crippen LogP contribution in [0.4, 0.5) is 0 Å². The summed E-state index contributed by atoms with van der Waals surface area (Å²) in [4.78, 5) is 4.24. The van der Waals surface area contributed by atoms with Gasteiger partial charge in [0.25, 0.3) is 0 Å². The van der Waals surface area contributed by atoms with Crippen molar-refractivity contribution in [2.45, 2.75) is 18.3 Å². The molecule has 1 aliphatic heterocycles. The Bertz CT molecular complexity index is 537. The maximum atomic E-state index is 4.29. The number of nitrogens with one attached hydrogen (secondary N) is 1. The fourth-order valence-electron chi connectivity index (χ4n) is 2.23. The van der Waals surface area contributed by atoms with Gasteiger partial charge in [-0.05, 0) is 11.1 Å². The Kier molecular flexibility index (Phi) is 3.34.